The maximum absolute atomic E-state index is 13.5. The summed E-state index contributed by atoms with van der Waals surface area (Å²) in [7, 11) is 0. The Balaban J connectivity index is 1.66. The Morgan fingerprint density at radius 3 is 2.60 bits per heavy atom. The van der Waals surface area contributed by atoms with Crippen molar-refractivity contribution in [3.63, 3.8) is 0 Å². The van der Waals surface area contributed by atoms with E-state index >= 15 is 0 Å². The molecule has 0 aliphatic rings. The van der Waals surface area contributed by atoms with Gasteiger partial charge in [-0.2, -0.15) is 0 Å². The van der Waals surface area contributed by atoms with Crippen molar-refractivity contribution in [3.8, 4) is 11.5 Å². The highest BCUT2D eigenvalue weighted by atomic mass is 19.1. The molecule has 1 amide bonds. The van der Waals surface area contributed by atoms with E-state index in [1.165, 1.54) is 24.7 Å². The molecule has 25 heavy (non-hydrogen) atoms. The smallest absolute Gasteiger partial charge is 0.254 e. The molecule has 1 N–H and O–H groups in total. The van der Waals surface area contributed by atoms with Crippen molar-refractivity contribution in [2.45, 2.75) is 13.1 Å². The molecule has 0 aliphatic heterocycles. The lowest BCUT2D eigenvalue weighted by Gasteiger charge is -2.09. The quantitative estimate of drug-likeness (QED) is 0.768. The Labute approximate surface area is 140 Å². The summed E-state index contributed by atoms with van der Waals surface area (Å²) in [6.45, 7) is -0.635. The van der Waals surface area contributed by atoms with Crippen LogP contribution in [0.25, 0.3) is 11.5 Å². The van der Waals surface area contributed by atoms with Crippen molar-refractivity contribution < 1.29 is 18.0 Å². The van der Waals surface area contributed by atoms with Gasteiger partial charge in [-0.15, -0.1) is 0 Å². The zero-order valence-electron chi connectivity index (χ0n) is 12.9. The number of nitrogens with zero attached hydrogens (tertiary/aromatic N) is 2. The van der Waals surface area contributed by atoms with Crippen molar-refractivity contribution >= 4 is 5.91 Å². The maximum atomic E-state index is 13.5. The Morgan fingerprint density at radius 1 is 1.20 bits per heavy atom. The standard InChI is InChI=1S/C17H13F2N3O3/c18-12-3-1-4-13(19)11(12)8-20-16(23)9-22-10-21-14(7-17(22)24)15-5-2-6-25-15/h1-7,10H,8-9H2,(H,20,23). The van der Waals surface area contributed by atoms with Gasteiger partial charge in [0, 0.05) is 18.2 Å². The number of furan rings is 1. The molecule has 8 heteroatoms. The van der Waals surface area contributed by atoms with Crippen molar-refractivity contribution in [1.82, 2.24) is 14.9 Å². The number of hydrogen-bond donors (Lipinski definition) is 1. The monoisotopic (exact) mass is 345 g/mol. The first kappa shape index (κ1) is 16.6. The van der Waals surface area contributed by atoms with Crippen LogP contribution in [0.3, 0.4) is 0 Å². The Hall–Kier alpha value is -3.29. The molecule has 1 aromatic carbocycles. The highest BCUT2D eigenvalue weighted by molar-refractivity contribution is 5.75. The Kier molecular flexibility index (Phi) is 4.69. The molecule has 0 unspecified atom stereocenters. The fourth-order valence-corrected chi connectivity index (χ4v) is 2.20. The zero-order chi connectivity index (χ0) is 17.8. The molecule has 128 valence electrons. The van der Waals surface area contributed by atoms with Crippen molar-refractivity contribution in [2.75, 3.05) is 0 Å². The predicted molar refractivity (Wildman–Crippen MR) is 84.4 cm³/mol. The number of aromatic nitrogens is 2. The number of nitrogens with one attached hydrogen (secondary N) is 1. The van der Waals surface area contributed by atoms with Gasteiger partial charge in [-0.25, -0.2) is 13.8 Å². The lowest BCUT2D eigenvalue weighted by atomic mass is 10.2. The summed E-state index contributed by atoms with van der Waals surface area (Å²) in [4.78, 5) is 28.0. The fraction of sp³-hybridized carbons (Fsp3) is 0.118. The minimum absolute atomic E-state index is 0.241. The molecule has 0 aliphatic carbocycles. The summed E-state index contributed by atoms with van der Waals surface area (Å²) < 4.78 is 33.2. The Morgan fingerprint density at radius 2 is 1.96 bits per heavy atom. The summed E-state index contributed by atoms with van der Waals surface area (Å²) in [5.41, 5.74) is -0.344. The predicted octanol–water partition coefficient (Wildman–Crippen LogP) is 2.10. The van der Waals surface area contributed by atoms with E-state index in [0.29, 0.717) is 11.5 Å². The largest absolute Gasteiger partial charge is 0.463 e. The molecule has 0 saturated heterocycles. The van der Waals surface area contributed by atoms with Crippen molar-refractivity contribution in [2.24, 2.45) is 0 Å². The molecule has 2 aromatic heterocycles. The maximum Gasteiger partial charge on any atom is 0.254 e. The average Bonchev–Trinajstić information content (AvgIpc) is 3.11. The normalized spacial score (nSPS) is 10.6. The molecule has 6 nitrogen and oxygen atoms in total. The van der Waals surface area contributed by atoms with Crippen LogP contribution < -0.4 is 10.9 Å². The summed E-state index contributed by atoms with van der Waals surface area (Å²) in [6, 6.07) is 8.00. The number of carbonyl (C=O) groups is 1. The van der Waals surface area contributed by atoms with Gasteiger partial charge >= 0.3 is 0 Å². The number of carbonyl (C=O) groups excluding carboxylic acids is 1. The van der Waals surface area contributed by atoms with Gasteiger partial charge in [0.2, 0.25) is 5.91 Å². The third-order valence-corrected chi connectivity index (χ3v) is 3.49. The van der Waals surface area contributed by atoms with Gasteiger partial charge in [-0.3, -0.25) is 14.2 Å². The highest BCUT2D eigenvalue weighted by Crippen LogP contribution is 2.14. The number of hydrogen-bond acceptors (Lipinski definition) is 4. The van der Waals surface area contributed by atoms with E-state index < -0.39 is 23.1 Å². The number of benzene rings is 1. The first-order valence-corrected chi connectivity index (χ1v) is 7.34. The fourth-order valence-electron chi connectivity index (χ4n) is 2.20. The van der Waals surface area contributed by atoms with E-state index in [2.05, 4.69) is 10.3 Å². The number of rotatable bonds is 5. The molecule has 0 saturated carbocycles. The minimum atomic E-state index is -0.748. The molecule has 0 bridgehead atoms. The van der Waals surface area contributed by atoms with Crippen LogP contribution >= 0.6 is 0 Å². The van der Waals surface area contributed by atoms with Gasteiger partial charge < -0.3 is 9.73 Å². The molecule has 0 fully saturated rings. The second-order valence-electron chi connectivity index (χ2n) is 5.19. The average molecular weight is 345 g/mol. The number of amides is 1. The zero-order valence-corrected chi connectivity index (χ0v) is 12.9. The third kappa shape index (κ3) is 3.79. The summed E-state index contributed by atoms with van der Waals surface area (Å²) in [5.74, 6) is -1.63. The first-order chi connectivity index (χ1) is 12.0. The van der Waals surface area contributed by atoms with Crippen molar-refractivity contribution in [3.05, 3.63) is 76.5 Å². The van der Waals surface area contributed by atoms with Crippen molar-refractivity contribution in [1.29, 1.82) is 0 Å². The lowest BCUT2D eigenvalue weighted by Crippen LogP contribution is -2.32. The molecule has 2 heterocycles. The van der Waals surface area contributed by atoms with Gasteiger partial charge in [-0.05, 0) is 24.3 Å². The highest BCUT2D eigenvalue weighted by Gasteiger charge is 2.11. The van der Waals surface area contributed by atoms with E-state index in [1.54, 1.807) is 12.1 Å². The van der Waals surface area contributed by atoms with Gasteiger partial charge in [0.25, 0.3) is 5.56 Å². The van der Waals surface area contributed by atoms with Crippen LogP contribution in [0.4, 0.5) is 8.78 Å². The van der Waals surface area contributed by atoms with E-state index in [-0.39, 0.29) is 18.7 Å². The van der Waals surface area contributed by atoms with E-state index in [4.69, 9.17) is 4.42 Å². The van der Waals surface area contributed by atoms with Gasteiger partial charge in [0.05, 0.1) is 12.6 Å². The molecule has 3 aromatic rings. The molecule has 0 spiro atoms. The third-order valence-electron chi connectivity index (χ3n) is 3.49. The van der Waals surface area contributed by atoms with Crippen LogP contribution in [0, 0.1) is 11.6 Å². The van der Waals surface area contributed by atoms with Gasteiger partial charge in [0.15, 0.2) is 5.76 Å². The van der Waals surface area contributed by atoms with E-state index in [1.807, 2.05) is 0 Å². The van der Waals surface area contributed by atoms with Crippen LogP contribution in [0.1, 0.15) is 5.56 Å². The lowest BCUT2D eigenvalue weighted by molar-refractivity contribution is -0.121. The van der Waals surface area contributed by atoms with Crippen LogP contribution in [0.2, 0.25) is 0 Å². The van der Waals surface area contributed by atoms with Gasteiger partial charge in [0.1, 0.15) is 23.9 Å². The van der Waals surface area contributed by atoms with Crippen LogP contribution in [-0.2, 0) is 17.9 Å². The molecular weight excluding hydrogens is 332 g/mol. The topological polar surface area (TPSA) is 77.1 Å². The van der Waals surface area contributed by atoms with E-state index in [9.17, 15) is 18.4 Å². The molecular formula is C17H13F2N3O3. The molecule has 3 rings (SSSR count). The molecule has 0 atom stereocenters. The molecule has 0 radical (unpaired) electrons. The first-order valence-electron chi connectivity index (χ1n) is 7.34. The van der Waals surface area contributed by atoms with Gasteiger partial charge in [-0.1, -0.05) is 6.07 Å². The Bertz CT molecular complexity index is 932. The SMILES string of the molecule is O=C(Cn1cnc(-c2ccco2)cc1=O)NCc1c(F)cccc1F. The summed E-state index contributed by atoms with van der Waals surface area (Å²) >= 11 is 0. The van der Waals surface area contributed by atoms with Crippen LogP contribution in [0.15, 0.2) is 58.2 Å². The second-order valence-corrected chi connectivity index (χ2v) is 5.19. The van der Waals surface area contributed by atoms with Crippen LogP contribution in [0.5, 0.6) is 0 Å². The van der Waals surface area contributed by atoms with E-state index in [0.717, 1.165) is 16.7 Å². The minimum Gasteiger partial charge on any atom is -0.463 e. The summed E-state index contributed by atoms with van der Waals surface area (Å²) in [5, 5.41) is 2.37. The number of halogens is 2. The van der Waals surface area contributed by atoms with Crippen LogP contribution in [-0.4, -0.2) is 15.5 Å². The second kappa shape index (κ2) is 7.08. The summed E-state index contributed by atoms with van der Waals surface area (Å²) in [6.07, 6.45) is 2.67.